The summed E-state index contributed by atoms with van der Waals surface area (Å²) < 4.78 is 0. The van der Waals surface area contributed by atoms with Gasteiger partial charge in [-0.1, -0.05) is 35.9 Å². The van der Waals surface area contributed by atoms with E-state index in [1.54, 1.807) is 26.2 Å². The van der Waals surface area contributed by atoms with Gasteiger partial charge in [0, 0.05) is 30.7 Å². The minimum atomic E-state index is -0.442. The molecule has 0 saturated carbocycles. The second kappa shape index (κ2) is 9.78. The lowest BCUT2D eigenvalue weighted by Crippen LogP contribution is -2.14. The summed E-state index contributed by atoms with van der Waals surface area (Å²) in [6.07, 6.45) is 4.82. The van der Waals surface area contributed by atoms with Crippen molar-refractivity contribution in [2.45, 2.75) is 20.8 Å². The molecule has 0 atom stereocenters. The first kappa shape index (κ1) is 19.8. The lowest BCUT2D eigenvalue weighted by Gasteiger charge is -2.04. The highest BCUT2D eigenvalue weighted by molar-refractivity contribution is 6.11. The van der Waals surface area contributed by atoms with E-state index >= 15 is 0 Å². The van der Waals surface area contributed by atoms with Crippen LogP contribution in [0.15, 0.2) is 53.2 Å². The van der Waals surface area contributed by atoms with Crippen LogP contribution < -0.4 is 5.73 Å². The highest BCUT2D eigenvalue weighted by Gasteiger charge is 2.05. The second-order valence-corrected chi connectivity index (χ2v) is 5.34. The number of primary amides is 1. The molecule has 0 aliphatic heterocycles. The number of benzene rings is 1. The molecule has 25 heavy (non-hydrogen) atoms. The molecule has 1 aromatic carbocycles. The summed E-state index contributed by atoms with van der Waals surface area (Å²) in [6.45, 7) is 5.67. The quantitative estimate of drug-likeness (QED) is 0.689. The van der Waals surface area contributed by atoms with Gasteiger partial charge in [0.1, 0.15) is 0 Å². The molecule has 0 saturated heterocycles. The predicted molar refractivity (Wildman–Crippen MR) is 101 cm³/mol. The molecule has 0 radical (unpaired) electrons. The number of nitrogens with two attached hydrogens (primary N) is 1. The minimum absolute atomic E-state index is 0.442. The largest absolute Gasteiger partial charge is 0.366 e. The van der Waals surface area contributed by atoms with Gasteiger partial charge in [-0.25, -0.2) is 0 Å². The zero-order valence-corrected chi connectivity index (χ0v) is 14.9. The summed E-state index contributed by atoms with van der Waals surface area (Å²) in [7, 11) is 1.59. The topological polar surface area (TPSA) is 92.1 Å². The number of carbonyl (C=O) groups excluding carboxylic acids is 1. The number of hydrogen-bond acceptors (Lipinski definition) is 4. The molecule has 1 heterocycles. The van der Waals surface area contributed by atoms with Gasteiger partial charge in [0.15, 0.2) is 0 Å². The van der Waals surface area contributed by atoms with Gasteiger partial charge in [0.2, 0.25) is 5.91 Å². The molecule has 2 aromatic rings. The Bertz CT molecular complexity index is 828. The SMILES string of the molecule is C/C=C(\C=NC)C(N)=O.Cc1ccc(-c2cnc(C)cc2C#N)cc1. The molecular formula is C20H22N4O. The Balaban J connectivity index is 0.000000299. The van der Waals surface area contributed by atoms with E-state index in [-0.39, 0.29) is 0 Å². The predicted octanol–water partition coefficient (Wildman–Crippen LogP) is 3.36. The number of nitriles is 1. The Hall–Kier alpha value is -3.26. The standard InChI is InChI=1S/C14H12N2.C6H10N2O/c1-10-3-5-12(6-4-10)14-9-16-11(2)7-13(14)8-15;1-3-5(4-8-2)6(7)9/h3-7,9H,1-2H3;3-4H,1-2H3,(H2,7,9)/b;5-3+,8-4?. The zero-order valence-electron chi connectivity index (χ0n) is 14.9. The first-order chi connectivity index (χ1) is 11.9. The monoisotopic (exact) mass is 334 g/mol. The van der Waals surface area contributed by atoms with Crippen molar-refractivity contribution in [1.29, 1.82) is 5.26 Å². The fourth-order valence-corrected chi connectivity index (χ4v) is 2.03. The van der Waals surface area contributed by atoms with Gasteiger partial charge in [-0.3, -0.25) is 14.8 Å². The van der Waals surface area contributed by atoms with Crippen LogP contribution in [-0.2, 0) is 4.79 Å². The van der Waals surface area contributed by atoms with E-state index in [0.717, 1.165) is 16.8 Å². The van der Waals surface area contributed by atoms with E-state index in [0.29, 0.717) is 11.1 Å². The van der Waals surface area contributed by atoms with Crippen molar-refractivity contribution >= 4 is 12.1 Å². The van der Waals surface area contributed by atoms with Crippen molar-refractivity contribution in [2.24, 2.45) is 10.7 Å². The number of aromatic nitrogens is 1. The molecular weight excluding hydrogens is 312 g/mol. The third-order valence-corrected chi connectivity index (χ3v) is 3.39. The van der Waals surface area contributed by atoms with E-state index < -0.39 is 5.91 Å². The fourth-order valence-electron chi connectivity index (χ4n) is 2.03. The number of carbonyl (C=O) groups is 1. The second-order valence-electron chi connectivity index (χ2n) is 5.34. The average Bonchev–Trinajstić information content (AvgIpc) is 2.60. The summed E-state index contributed by atoms with van der Waals surface area (Å²) in [5.74, 6) is -0.442. The third kappa shape index (κ3) is 6.04. The number of allylic oxidation sites excluding steroid dienone is 1. The van der Waals surface area contributed by atoms with Crippen LogP contribution in [-0.4, -0.2) is 24.2 Å². The minimum Gasteiger partial charge on any atom is -0.366 e. The normalized spacial score (nSPS) is 10.8. The number of amides is 1. The molecule has 0 bridgehead atoms. The Kier molecular flexibility index (Phi) is 7.74. The van der Waals surface area contributed by atoms with Gasteiger partial charge in [-0.2, -0.15) is 5.26 Å². The van der Waals surface area contributed by atoms with Crippen molar-refractivity contribution in [2.75, 3.05) is 7.05 Å². The molecule has 5 heteroatoms. The average molecular weight is 334 g/mol. The summed E-state index contributed by atoms with van der Waals surface area (Å²) >= 11 is 0. The van der Waals surface area contributed by atoms with Gasteiger partial charge in [-0.15, -0.1) is 0 Å². The molecule has 5 nitrogen and oxygen atoms in total. The van der Waals surface area contributed by atoms with E-state index in [9.17, 15) is 4.79 Å². The molecule has 0 spiro atoms. The van der Waals surface area contributed by atoms with Gasteiger partial charge in [0.25, 0.3) is 0 Å². The Labute approximate surface area is 148 Å². The van der Waals surface area contributed by atoms with Crippen LogP contribution in [0.2, 0.25) is 0 Å². The highest BCUT2D eigenvalue weighted by atomic mass is 16.1. The number of hydrogen-bond donors (Lipinski definition) is 1. The van der Waals surface area contributed by atoms with Crippen molar-refractivity contribution in [1.82, 2.24) is 4.98 Å². The van der Waals surface area contributed by atoms with Crippen LogP contribution in [0.4, 0.5) is 0 Å². The molecule has 0 unspecified atom stereocenters. The Morgan fingerprint density at radius 1 is 1.28 bits per heavy atom. The first-order valence-electron chi connectivity index (χ1n) is 7.75. The van der Waals surface area contributed by atoms with Crippen LogP contribution in [0.5, 0.6) is 0 Å². The smallest absolute Gasteiger partial charge is 0.249 e. The summed E-state index contributed by atoms with van der Waals surface area (Å²) in [6, 6.07) is 12.1. The first-order valence-corrected chi connectivity index (χ1v) is 7.75. The maximum atomic E-state index is 10.4. The number of nitrogens with zero attached hydrogens (tertiary/aromatic N) is 3. The molecule has 1 amide bonds. The van der Waals surface area contributed by atoms with Crippen LogP contribution in [0.1, 0.15) is 23.7 Å². The van der Waals surface area contributed by atoms with Crippen LogP contribution in [0.3, 0.4) is 0 Å². The molecule has 2 rings (SSSR count). The van der Waals surface area contributed by atoms with Crippen LogP contribution >= 0.6 is 0 Å². The van der Waals surface area contributed by atoms with Crippen LogP contribution in [0.25, 0.3) is 11.1 Å². The lowest BCUT2D eigenvalue weighted by molar-refractivity contribution is -0.114. The number of pyridine rings is 1. The molecule has 0 aliphatic carbocycles. The summed E-state index contributed by atoms with van der Waals surface area (Å²) in [4.78, 5) is 18.3. The van der Waals surface area contributed by atoms with Gasteiger partial charge in [-0.05, 0) is 32.4 Å². The van der Waals surface area contributed by atoms with E-state index in [2.05, 4.69) is 16.0 Å². The number of aliphatic imine (C=N–C) groups is 1. The fraction of sp³-hybridized carbons (Fsp3) is 0.200. The maximum absolute atomic E-state index is 10.4. The molecule has 128 valence electrons. The number of rotatable bonds is 3. The van der Waals surface area contributed by atoms with E-state index in [1.807, 2.05) is 44.2 Å². The van der Waals surface area contributed by atoms with Gasteiger partial charge < -0.3 is 5.73 Å². The van der Waals surface area contributed by atoms with Gasteiger partial charge >= 0.3 is 0 Å². The Morgan fingerprint density at radius 3 is 2.36 bits per heavy atom. The summed E-state index contributed by atoms with van der Waals surface area (Å²) in [5.41, 5.74) is 10.1. The highest BCUT2D eigenvalue weighted by Crippen LogP contribution is 2.23. The van der Waals surface area contributed by atoms with Gasteiger partial charge in [0.05, 0.1) is 17.2 Å². The van der Waals surface area contributed by atoms with Crippen molar-refractivity contribution in [3.63, 3.8) is 0 Å². The van der Waals surface area contributed by atoms with E-state index in [4.69, 9.17) is 11.0 Å². The summed E-state index contributed by atoms with van der Waals surface area (Å²) in [5, 5.41) is 9.08. The molecule has 0 fully saturated rings. The zero-order chi connectivity index (χ0) is 18.8. The number of aryl methyl sites for hydroxylation is 2. The van der Waals surface area contributed by atoms with Crippen molar-refractivity contribution in [3.05, 3.63) is 65.0 Å². The lowest BCUT2D eigenvalue weighted by atomic mass is 10.0. The van der Waals surface area contributed by atoms with Crippen molar-refractivity contribution in [3.8, 4) is 17.2 Å². The Morgan fingerprint density at radius 2 is 1.92 bits per heavy atom. The van der Waals surface area contributed by atoms with E-state index in [1.165, 1.54) is 11.8 Å². The molecule has 2 N–H and O–H groups in total. The van der Waals surface area contributed by atoms with Crippen LogP contribution in [0, 0.1) is 25.2 Å². The molecule has 1 aromatic heterocycles. The maximum Gasteiger partial charge on any atom is 0.249 e. The third-order valence-electron chi connectivity index (χ3n) is 3.39. The molecule has 0 aliphatic rings. The van der Waals surface area contributed by atoms with Crippen molar-refractivity contribution < 1.29 is 4.79 Å².